The van der Waals surface area contributed by atoms with E-state index in [-0.39, 0.29) is 0 Å². The van der Waals surface area contributed by atoms with Crippen molar-refractivity contribution < 1.29 is 0 Å². The van der Waals surface area contributed by atoms with Gasteiger partial charge in [-0.1, -0.05) is 19.4 Å². The Balaban J connectivity index is 4.03. The fourth-order valence-electron chi connectivity index (χ4n) is 0.474. The summed E-state index contributed by atoms with van der Waals surface area (Å²) >= 11 is 0. The number of aliphatic imine (C=N–C) groups is 1. The van der Waals surface area contributed by atoms with Crippen LogP contribution in [0.4, 0.5) is 0 Å². The zero-order valence-corrected chi connectivity index (χ0v) is 8.31. The van der Waals surface area contributed by atoms with Gasteiger partial charge in [-0.05, 0) is 33.1 Å². The molecule has 1 heteroatoms. The van der Waals surface area contributed by atoms with E-state index in [1.165, 1.54) is 12.0 Å². The highest BCUT2D eigenvalue weighted by Gasteiger charge is 1.92. The maximum Gasteiger partial charge on any atom is 0.0355 e. The van der Waals surface area contributed by atoms with E-state index in [1.807, 2.05) is 13.1 Å². The van der Waals surface area contributed by atoms with Crippen LogP contribution in [0.1, 0.15) is 41.0 Å². The molecule has 1 nitrogen and oxygen atoms in total. The average Bonchev–Trinajstić information content (AvgIpc) is 1.99. The van der Waals surface area contributed by atoms with Gasteiger partial charge in [0.05, 0.1) is 0 Å². The van der Waals surface area contributed by atoms with Crippen molar-refractivity contribution in [3.05, 3.63) is 11.3 Å². The maximum absolute atomic E-state index is 4.35. The van der Waals surface area contributed by atoms with Gasteiger partial charge in [-0.25, -0.2) is 0 Å². The van der Waals surface area contributed by atoms with Crippen molar-refractivity contribution >= 4 is 6.21 Å². The summed E-state index contributed by atoms with van der Waals surface area (Å²) in [5.74, 6) is 0.601. The van der Waals surface area contributed by atoms with Gasteiger partial charge >= 0.3 is 0 Å². The summed E-state index contributed by atoms with van der Waals surface area (Å²) in [6.07, 6.45) is 3.20. The molecule has 0 amide bonds. The number of hydrogen-bond donors (Lipinski definition) is 0. The predicted octanol–water partition coefficient (Wildman–Crippen LogP) is 3.42. The van der Waals surface area contributed by atoms with Crippen LogP contribution in [0.3, 0.4) is 0 Å². The Morgan fingerprint density at radius 2 is 1.91 bits per heavy atom. The van der Waals surface area contributed by atoms with Gasteiger partial charge < -0.3 is 0 Å². The van der Waals surface area contributed by atoms with E-state index in [0.29, 0.717) is 5.92 Å². The fraction of sp³-hybridized carbons (Fsp3) is 0.700. The van der Waals surface area contributed by atoms with E-state index in [1.54, 1.807) is 0 Å². The molecule has 0 aliphatic carbocycles. The molecular formula is C10H19N. The molecule has 0 heterocycles. The molecule has 0 saturated heterocycles. The summed E-state index contributed by atoms with van der Waals surface area (Å²) in [4.78, 5) is 4.35. The van der Waals surface area contributed by atoms with E-state index < -0.39 is 0 Å². The normalized spacial score (nSPS) is 13.5. The highest BCUT2D eigenvalue weighted by atomic mass is 14.7. The SMILES string of the molecule is CCC(C)C=NC(C)=C(C)C. The van der Waals surface area contributed by atoms with Crippen LogP contribution in [0.25, 0.3) is 0 Å². The molecule has 0 fully saturated rings. The summed E-state index contributed by atoms with van der Waals surface area (Å²) in [6.45, 7) is 10.6. The molecule has 1 atom stereocenters. The first-order chi connectivity index (χ1) is 5.07. The zero-order valence-electron chi connectivity index (χ0n) is 8.31. The molecule has 1 unspecified atom stereocenters. The molecule has 11 heavy (non-hydrogen) atoms. The second-order valence-corrected chi connectivity index (χ2v) is 3.25. The van der Waals surface area contributed by atoms with Crippen molar-refractivity contribution in [2.45, 2.75) is 41.0 Å². The van der Waals surface area contributed by atoms with E-state index in [9.17, 15) is 0 Å². The smallest absolute Gasteiger partial charge is 0.0355 e. The number of hydrogen-bond acceptors (Lipinski definition) is 1. The fourth-order valence-corrected chi connectivity index (χ4v) is 0.474. The molecule has 0 N–H and O–H groups in total. The maximum atomic E-state index is 4.35. The minimum absolute atomic E-state index is 0.601. The molecule has 0 aliphatic rings. The first-order valence-electron chi connectivity index (χ1n) is 4.26. The Hall–Kier alpha value is -0.590. The van der Waals surface area contributed by atoms with Crippen molar-refractivity contribution in [2.75, 3.05) is 0 Å². The lowest BCUT2D eigenvalue weighted by Gasteiger charge is -1.99. The van der Waals surface area contributed by atoms with Gasteiger partial charge in [-0.2, -0.15) is 0 Å². The van der Waals surface area contributed by atoms with Gasteiger partial charge in [0.15, 0.2) is 0 Å². The van der Waals surface area contributed by atoms with Crippen molar-refractivity contribution in [2.24, 2.45) is 10.9 Å². The minimum atomic E-state index is 0.601. The quantitative estimate of drug-likeness (QED) is 0.551. The first-order valence-corrected chi connectivity index (χ1v) is 4.26. The van der Waals surface area contributed by atoms with Gasteiger partial charge in [0.2, 0.25) is 0 Å². The van der Waals surface area contributed by atoms with Crippen LogP contribution in [-0.2, 0) is 0 Å². The van der Waals surface area contributed by atoms with Crippen LogP contribution in [0.2, 0.25) is 0 Å². The number of rotatable bonds is 3. The Bertz CT molecular complexity index is 162. The minimum Gasteiger partial charge on any atom is -0.266 e. The van der Waals surface area contributed by atoms with Gasteiger partial charge in [0.25, 0.3) is 0 Å². The van der Waals surface area contributed by atoms with Crippen LogP contribution in [0, 0.1) is 5.92 Å². The van der Waals surface area contributed by atoms with Crippen LogP contribution < -0.4 is 0 Å². The van der Waals surface area contributed by atoms with Gasteiger partial charge in [0, 0.05) is 11.9 Å². The number of allylic oxidation sites excluding steroid dienone is 2. The molecule has 0 aromatic rings. The van der Waals surface area contributed by atoms with Crippen LogP contribution in [-0.4, -0.2) is 6.21 Å². The third kappa shape index (κ3) is 4.77. The topological polar surface area (TPSA) is 12.4 Å². The molecule has 0 aliphatic heterocycles. The first kappa shape index (κ1) is 10.4. The van der Waals surface area contributed by atoms with Crippen molar-refractivity contribution in [3.63, 3.8) is 0 Å². The van der Waals surface area contributed by atoms with E-state index in [4.69, 9.17) is 0 Å². The van der Waals surface area contributed by atoms with Crippen LogP contribution in [0.5, 0.6) is 0 Å². The zero-order chi connectivity index (χ0) is 8.85. The van der Waals surface area contributed by atoms with Crippen molar-refractivity contribution in [1.82, 2.24) is 0 Å². The molecule has 0 aromatic carbocycles. The third-order valence-corrected chi connectivity index (χ3v) is 1.89. The molecule has 0 spiro atoms. The summed E-state index contributed by atoms with van der Waals surface area (Å²) in [5.41, 5.74) is 2.44. The predicted molar refractivity (Wildman–Crippen MR) is 52.0 cm³/mol. The molecular weight excluding hydrogens is 134 g/mol. The van der Waals surface area contributed by atoms with Crippen molar-refractivity contribution in [1.29, 1.82) is 0 Å². The summed E-state index contributed by atoms with van der Waals surface area (Å²) in [7, 11) is 0. The molecule has 0 saturated carbocycles. The van der Waals surface area contributed by atoms with E-state index in [2.05, 4.69) is 32.7 Å². The molecule has 0 rings (SSSR count). The molecule has 0 radical (unpaired) electrons. The highest BCUT2D eigenvalue weighted by Crippen LogP contribution is 2.04. The summed E-state index contributed by atoms with van der Waals surface area (Å²) in [6, 6.07) is 0. The number of nitrogens with zero attached hydrogens (tertiary/aromatic N) is 1. The standard InChI is InChI=1S/C10H19N/c1-6-9(4)7-11-10(5)8(2)3/h7,9H,6H2,1-5H3. The molecule has 0 bridgehead atoms. The summed E-state index contributed by atoms with van der Waals surface area (Å²) in [5, 5.41) is 0. The second-order valence-electron chi connectivity index (χ2n) is 3.25. The Kier molecular flexibility index (Phi) is 4.84. The Morgan fingerprint density at radius 1 is 1.36 bits per heavy atom. The lowest BCUT2D eigenvalue weighted by atomic mass is 10.1. The Morgan fingerprint density at radius 3 is 2.27 bits per heavy atom. The average molecular weight is 153 g/mol. The van der Waals surface area contributed by atoms with Crippen molar-refractivity contribution in [3.8, 4) is 0 Å². The molecule has 64 valence electrons. The van der Waals surface area contributed by atoms with Gasteiger partial charge in [-0.3, -0.25) is 4.99 Å². The molecule has 0 aromatic heterocycles. The van der Waals surface area contributed by atoms with Gasteiger partial charge in [0.1, 0.15) is 0 Å². The lowest BCUT2D eigenvalue weighted by Crippen LogP contribution is -1.92. The highest BCUT2D eigenvalue weighted by molar-refractivity contribution is 5.61. The summed E-state index contributed by atoms with van der Waals surface area (Å²) < 4.78 is 0. The monoisotopic (exact) mass is 153 g/mol. The van der Waals surface area contributed by atoms with E-state index in [0.717, 1.165) is 5.70 Å². The van der Waals surface area contributed by atoms with Crippen LogP contribution in [0.15, 0.2) is 16.3 Å². The third-order valence-electron chi connectivity index (χ3n) is 1.89. The largest absolute Gasteiger partial charge is 0.266 e. The Labute approximate surface area is 70.2 Å². The van der Waals surface area contributed by atoms with Crippen LogP contribution >= 0.6 is 0 Å². The second kappa shape index (κ2) is 5.11. The lowest BCUT2D eigenvalue weighted by molar-refractivity contribution is 0.753. The van der Waals surface area contributed by atoms with Gasteiger partial charge in [-0.15, -0.1) is 0 Å². The van der Waals surface area contributed by atoms with E-state index >= 15 is 0 Å².